The molecule has 12 nitrogen and oxygen atoms in total. The number of benzene rings is 1. The standard InChI is InChI=1S/C22H18F3N11O/c23-22(24,25)14-9-26-21(27-10-14)34-7-5-16(6-8-34)36-19-18(11-31-36)20(29-12-28-19)37-17-3-1-15(2-4-17)35-13-30-32-33-35/h1-4,9-13,16H,5-8H2. The van der Waals surface area contributed by atoms with Gasteiger partial charge in [0, 0.05) is 25.5 Å². The zero-order valence-corrected chi connectivity index (χ0v) is 19.1. The Bertz CT molecular complexity index is 1490. The van der Waals surface area contributed by atoms with Crippen molar-refractivity contribution in [2.24, 2.45) is 0 Å². The number of tetrazole rings is 1. The monoisotopic (exact) mass is 509 g/mol. The van der Waals surface area contributed by atoms with E-state index in [4.69, 9.17) is 4.74 Å². The molecule has 0 bridgehead atoms. The Morgan fingerprint density at radius 1 is 0.919 bits per heavy atom. The van der Waals surface area contributed by atoms with Gasteiger partial charge >= 0.3 is 6.18 Å². The summed E-state index contributed by atoms with van der Waals surface area (Å²) in [6, 6.07) is 7.26. The van der Waals surface area contributed by atoms with Crippen LogP contribution in [0.2, 0.25) is 0 Å². The van der Waals surface area contributed by atoms with Gasteiger partial charge in [-0.25, -0.2) is 29.3 Å². The molecule has 0 unspecified atom stereocenters. The van der Waals surface area contributed by atoms with E-state index in [0.717, 1.165) is 18.1 Å². The molecule has 0 amide bonds. The van der Waals surface area contributed by atoms with Gasteiger partial charge in [-0.15, -0.1) is 5.10 Å². The Kier molecular flexibility index (Phi) is 5.58. The van der Waals surface area contributed by atoms with E-state index in [-0.39, 0.29) is 12.0 Å². The second-order valence-corrected chi connectivity index (χ2v) is 8.34. The highest BCUT2D eigenvalue weighted by atomic mass is 19.4. The van der Waals surface area contributed by atoms with Gasteiger partial charge in [0.15, 0.2) is 5.65 Å². The van der Waals surface area contributed by atoms with Gasteiger partial charge in [-0.2, -0.15) is 18.3 Å². The van der Waals surface area contributed by atoms with Gasteiger partial charge < -0.3 is 9.64 Å². The number of nitrogens with zero attached hydrogens (tertiary/aromatic N) is 11. The summed E-state index contributed by atoms with van der Waals surface area (Å²) in [5, 5.41) is 16.3. The van der Waals surface area contributed by atoms with Crippen molar-refractivity contribution in [1.82, 2.24) is 49.9 Å². The predicted molar refractivity (Wildman–Crippen MR) is 122 cm³/mol. The second kappa shape index (κ2) is 9.07. The fraction of sp³-hybridized carbons (Fsp3) is 0.273. The van der Waals surface area contributed by atoms with Gasteiger partial charge in [0.25, 0.3) is 0 Å². The van der Waals surface area contributed by atoms with Gasteiger partial charge in [0.1, 0.15) is 23.8 Å². The second-order valence-electron chi connectivity index (χ2n) is 8.34. The lowest BCUT2D eigenvalue weighted by atomic mass is 10.1. The number of piperidine rings is 1. The average molecular weight is 509 g/mol. The van der Waals surface area contributed by atoms with Crippen molar-refractivity contribution < 1.29 is 17.9 Å². The molecule has 1 saturated heterocycles. The van der Waals surface area contributed by atoms with Crippen molar-refractivity contribution in [3.63, 3.8) is 0 Å². The molecule has 4 aromatic heterocycles. The normalized spacial score (nSPS) is 14.8. The molecule has 0 atom stereocenters. The third kappa shape index (κ3) is 4.50. The molecule has 0 N–H and O–H groups in total. The van der Waals surface area contributed by atoms with E-state index in [0.29, 0.717) is 48.6 Å². The summed E-state index contributed by atoms with van der Waals surface area (Å²) < 4.78 is 47.7. The summed E-state index contributed by atoms with van der Waals surface area (Å²) in [6.07, 6.45) is 3.15. The van der Waals surface area contributed by atoms with Crippen molar-refractivity contribution in [1.29, 1.82) is 0 Å². The fourth-order valence-electron chi connectivity index (χ4n) is 4.19. The first-order valence-electron chi connectivity index (χ1n) is 11.3. The fourth-order valence-corrected chi connectivity index (χ4v) is 4.19. The molecule has 1 aliphatic rings. The third-order valence-electron chi connectivity index (χ3n) is 6.08. The number of ether oxygens (including phenoxy) is 1. The van der Waals surface area contributed by atoms with Crippen LogP contribution in [0.3, 0.4) is 0 Å². The number of halogens is 3. The topological polar surface area (TPSA) is 125 Å². The molecule has 1 aliphatic heterocycles. The molecule has 5 heterocycles. The zero-order chi connectivity index (χ0) is 25.4. The SMILES string of the molecule is FC(F)(F)c1cnc(N2CCC(n3ncc4c(Oc5ccc(-n6cnnn6)cc5)ncnc43)CC2)nc1. The lowest BCUT2D eigenvalue weighted by Crippen LogP contribution is -2.36. The Morgan fingerprint density at radius 2 is 1.68 bits per heavy atom. The van der Waals surface area contributed by atoms with Crippen molar-refractivity contribution >= 4 is 17.0 Å². The number of alkyl halides is 3. The summed E-state index contributed by atoms with van der Waals surface area (Å²) in [6.45, 7) is 1.14. The molecule has 1 aromatic carbocycles. The van der Waals surface area contributed by atoms with Gasteiger partial charge in [-0.05, 0) is 47.5 Å². The Balaban J connectivity index is 1.15. The summed E-state index contributed by atoms with van der Waals surface area (Å²) in [4.78, 5) is 18.4. The van der Waals surface area contributed by atoms with Crippen LogP contribution in [-0.2, 0) is 6.18 Å². The number of rotatable bonds is 5. The molecule has 15 heteroatoms. The van der Waals surface area contributed by atoms with Crippen LogP contribution in [0, 0.1) is 0 Å². The van der Waals surface area contributed by atoms with E-state index in [1.807, 2.05) is 21.7 Å². The van der Waals surface area contributed by atoms with Gasteiger partial charge in [0.05, 0.1) is 23.5 Å². The van der Waals surface area contributed by atoms with Crippen LogP contribution in [0.1, 0.15) is 24.4 Å². The molecule has 0 spiro atoms. The Morgan fingerprint density at radius 3 is 2.35 bits per heavy atom. The van der Waals surface area contributed by atoms with E-state index in [1.54, 1.807) is 18.3 Å². The molecule has 6 rings (SSSR count). The number of hydrogen-bond donors (Lipinski definition) is 0. The number of aromatic nitrogens is 10. The maximum absolute atomic E-state index is 12.8. The molecule has 37 heavy (non-hydrogen) atoms. The van der Waals surface area contributed by atoms with Crippen molar-refractivity contribution in [3.8, 4) is 17.3 Å². The number of hydrogen-bond acceptors (Lipinski definition) is 10. The molecule has 0 radical (unpaired) electrons. The largest absolute Gasteiger partial charge is 0.438 e. The summed E-state index contributed by atoms with van der Waals surface area (Å²) in [5.74, 6) is 1.23. The van der Waals surface area contributed by atoms with Crippen LogP contribution in [0.4, 0.5) is 19.1 Å². The smallest absolute Gasteiger partial charge is 0.419 e. The highest BCUT2D eigenvalue weighted by Gasteiger charge is 2.32. The average Bonchev–Trinajstić information content (AvgIpc) is 3.60. The molecule has 5 aromatic rings. The maximum Gasteiger partial charge on any atom is 0.419 e. The third-order valence-corrected chi connectivity index (χ3v) is 6.08. The van der Waals surface area contributed by atoms with Crippen LogP contribution < -0.4 is 9.64 Å². The van der Waals surface area contributed by atoms with Crippen molar-refractivity contribution in [2.45, 2.75) is 25.1 Å². The van der Waals surface area contributed by atoms with E-state index < -0.39 is 11.7 Å². The summed E-state index contributed by atoms with van der Waals surface area (Å²) >= 11 is 0. The number of anilines is 1. The molecule has 1 fully saturated rings. The quantitative estimate of drug-likeness (QED) is 0.349. The van der Waals surface area contributed by atoms with Crippen molar-refractivity contribution in [3.05, 3.63) is 61.1 Å². The minimum Gasteiger partial charge on any atom is -0.438 e. The van der Waals surface area contributed by atoms with Crippen molar-refractivity contribution in [2.75, 3.05) is 18.0 Å². The molecule has 188 valence electrons. The van der Waals surface area contributed by atoms with Gasteiger partial charge in [0.2, 0.25) is 11.8 Å². The van der Waals surface area contributed by atoms with E-state index in [2.05, 4.69) is 40.6 Å². The Hall–Kier alpha value is -4.69. The highest BCUT2D eigenvalue weighted by molar-refractivity contribution is 5.80. The molecular formula is C22H18F3N11O. The molecular weight excluding hydrogens is 491 g/mol. The summed E-state index contributed by atoms with van der Waals surface area (Å²) in [7, 11) is 0. The van der Waals surface area contributed by atoms with Crippen LogP contribution in [0.5, 0.6) is 11.6 Å². The first-order valence-corrected chi connectivity index (χ1v) is 11.3. The minimum absolute atomic E-state index is 0.0431. The predicted octanol–water partition coefficient (Wildman–Crippen LogP) is 3.24. The molecule has 0 aliphatic carbocycles. The van der Waals surface area contributed by atoms with Crippen LogP contribution >= 0.6 is 0 Å². The van der Waals surface area contributed by atoms with E-state index in [9.17, 15) is 13.2 Å². The van der Waals surface area contributed by atoms with Gasteiger partial charge in [-0.3, -0.25) is 0 Å². The van der Waals surface area contributed by atoms with E-state index in [1.165, 1.54) is 17.3 Å². The van der Waals surface area contributed by atoms with E-state index >= 15 is 0 Å². The van der Waals surface area contributed by atoms with Gasteiger partial charge in [-0.1, -0.05) is 0 Å². The number of fused-ring (bicyclic) bond motifs is 1. The highest BCUT2D eigenvalue weighted by Crippen LogP contribution is 2.32. The minimum atomic E-state index is -4.46. The first kappa shape index (κ1) is 22.8. The molecule has 0 saturated carbocycles. The lowest BCUT2D eigenvalue weighted by Gasteiger charge is -2.32. The zero-order valence-electron chi connectivity index (χ0n) is 19.1. The van der Waals surface area contributed by atoms with Crippen LogP contribution in [0.15, 0.2) is 55.5 Å². The Labute approximate surface area is 206 Å². The maximum atomic E-state index is 12.8. The summed E-state index contributed by atoms with van der Waals surface area (Å²) in [5.41, 5.74) is 0.556. The lowest BCUT2D eigenvalue weighted by molar-refractivity contribution is -0.138. The first-order chi connectivity index (χ1) is 18.0. The van der Waals surface area contributed by atoms with Crippen LogP contribution in [-0.4, -0.2) is 63.0 Å². The van der Waals surface area contributed by atoms with Crippen LogP contribution in [0.25, 0.3) is 16.7 Å².